The Kier molecular flexibility index (Phi) is 5.05. The van der Waals surface area contributed by atoms with E-state index in [4.69, 9.17) is 10.5 Å². The van der Waals surface area contributed by atoms with Crippen molar-refractivity contribution in [2.24, 2.45) is 12.8 Å². The number of nitrogens with two attached hydrogens (primary N) is 1. The van der Waals surface area contributed by atoms with E-state index in [0.29, 0.717) is 19.4 Å². The van der Waals surface area contributed by atoms with Gasteiger partial charge in [0.25, 0.3) is 0 Å². The highest BCUT2D eigenvalue weighted by atomic mass is 16.5. The fourth-order valence-corrected chi connectivity index (χ4v) is 1.62. The summed E-state index contributed by atoms with van der Waals surface area (Å²) in [5.74, 6) is -0.162. The van der Waals surface area contributed by atoms with Crippen LogP contribution in [0, 0.1) is 0 Å². The molecule has 1 rings (SSSR count). The highest BCUT2D eigenvalue weighted by molar-refractivity contribution is 5.69. The Hall–Kier alpha value is -1.29. The van der Waals surface area contributed by atoms with Crippen LogP contribution in [0.2, 0.25) is 0 Å². The van der Waals surface area contributed by atoms with E-state index in [9.17, 15) is 4.79 Å². The lowest BCUT2D eigenvalue weighted by molar-refractivity contribution is -0.143. The second kappa shape index (κ2) is 6.33. The zero-order valence-corrected chi connectivity index (χ0v) is 9.98. The average molecular weight is 224 g/mol. The van der Waals surface area contributed by atoms with Gasteiger partial charge in [-0.1, -0.05) is 0 Å². The number of nitrogens with zero attached hydrogens (tertiary/aromatic N) is 1. The molecule has 1 aromatic rings. The van der Waals surface area contributed by atoms with Gasteiger partial charge in [0.2, 0.25) is 0 Å². The number of aromatic nitrogens is 1. The largest absolute Gasteiger partial charge is 0.466 e. The van der Waals surface area contributed by atoms with Gasteiger partial charge in [0.15, 0.2) is 0 Å². The Bertz CT molecular complexity index is 334. The first kappa shape index (κ1) is 12.8. The zero-order valence-electron chi connectivity index (χ0n) is 9.98. The van der Waals surface area contributed by atoms with Crippen molar-refractivity contribution >= 4 is 5.97 Å². The molecule has 16 heavy (non-hydrogen) atoms. The molecule has 1 atom stereocenters. The first-order valence-corrected chi connectivity index (χ1v) is 5.65. The van der Waals surface area contributed by atoms with Crippen LogP contribution in [0.1, 0.15) is 25.5 Å². The number of carbonyl (C=O) groups is 1. The molecule has 0 amide bonds. The van der Waals surface area contributed by atoms with Crippen molar-refractivity contribution in [3.05, 3.63) is 24.0 Å². The minimum absolute atomic E-state index is 0.0120. The van der Waals surface area contributed by atoms with Crippen molar-refractivity contribution < 1.29 is 9.53 Å². The van der Waals surface area contributed by atoms with Crippen molar-refractivity contribution in [3.63, 3.8) is 0 Å². The molecule has 0 radical (unpaired) electrons. The second-order valence-electron chi connectivity index (χ2n) is 3.92. The lowest BCUT2D eigenvalue weighted by Gasteiger charge is -2.11. The fraction of sp³-hybridized carbons (Fsp3) is 0.583. The van der Waals surface area contributed by atoms with Gasteiger partial charge in [-0.05, 0) is 25.5 Å². The lowest BCUT2D eigenvalue weighted by atomic mass is 10.1. The van der Waals surface area contributed by atoms with Crippen LogP contribution in [0.3, 0.4) is 0 Å². The van der Waals surface area contributed by atoms with Crippen LogP contribution in [0.15, 0.2) is 18.3 Å². The lowest BCUT2D eigenvalue weighted by Crippen LogP contribution is -2.25. The minimum atomic E-state index is -0.162. The van der Waals surface area contributed by atoms with E-state index in [1.807, 2.05) is 36.9 Å². The van der Waals surface area contributed by atoms with Gasteiger partial charge in [0.1, 0.15) is 0 Å². The number of hydrogen-bond acceptors (Lipinski definition) is 3. The summed E-state index contributed by atoms with van der Waals surface area (Å²) >= 11 is 0. The van der Waals surface area contributed by atoms with Gasteiger partial charge >= 0.3 is 5.97 Å². The third-order valence-corrected chi connectivity index (χ3v) is 2.55. The van der Waals surface area contributed by atoms with Crippen molar-refractivity contribution in [1.29, 1.82) is 0 Å². The first-order valence-electron chi connectivity index (χ1n) is 5.65. The Morgan fingerprint density at radius 2 is 2.38 bits per heavy atom. The summed E-state index contributed by atoms with van der Waals surface area (Å²) in [5, 5.41) is 0. The van der Waals surface area contributed by atoms with E-state index in [1.54, 1.807) is 0 Å². The molecule has 2 N–H and O–H groups in total. The van der Waals surface area contributed by atoms with E-state index in [2.05, 4.69) is 0 Å². The first-order chi connectivity index (χ1) is 7.63. The number of ether oxygens (including phenoxy) is 1. The SMILES string of the molecule is CCOC(=O)CCC(N)Cc1cccn1C. The Morgan fingerprint density at radius 1 is 1.62 bits per heavy atom. The van der Waals surface area contributed by atoms with Gasteiger partial charge in [0.05, 0.1) is 6.61 Å². The molecule has 0 fully saturated rings. The topological polar surface area (TPSA) is 57.2 Å². The molecular formula is C12H20N2O2. The maximum atomic E-state index is 11.1. The van der Waals surface area contributed by atoms with E-state index in [0.717, 1.165) is 6.42 Å². The molecular weight excluding hydrogens is 204 g/mol. The van der Waals surface area contributed by atoms with Crippen LogP contribution in [-0.2, 0) is 23.0 Å². The van der Waals surface area contributed by atoms with Crippen molar-refractivity contribution in [1.82, 2.24) is 4.57 Å². The molecule has 0 aliphatic heterocycles. The monoisotopic (exact) mass is 224 g/mol. The standard InChI is InChI=1S/C12H20N2O2/c1-3-16-12(15)7-6-10(13)9-11-5-4-8-14(11)2/h4-5,8,10H,3,6-7,9,13H2,1-2H3. The van der Waals surface area contributed by atoms with Crippen molar-refractivity contribution in [3.8, 4) is 0 Å². The molecule has 0 saturated carbocycles. The number of rotatable bonds is 6. The number of carbonyl (C=O) groups excluding carboxylic acids is 1. The molecule has 0 aromatic carbocycles. The number of hydrogen-bond donors (Lipinski definition) is 1. The minimum Gasteiger partial charge on any atom is -0.466 e. The Labute approximate surface area is 96.4 Å². The zero-order chi connectivity index (χ0) is 12.0. The maximum absolute atomic E-state index is 11.1. The summed E-state index contributed by atoms with van der Waals surface area (Å²) in [6.07, 6.45) is 3.86. The molecule has 1 aromatic heterocycles. The fourth-order valence-electron chi connectivity index (χ4n) is 1.62. The van der Waals surface area contributed by atoms with E-state index < -0.39 is 0 Å². The van der Waals surface area contributed by atoms with E-state index >= 15 is 0 Å². The van der Waals surface area contributed by atoms with Gasteiger partial charge in [-0.15, -0.1) is 0 Å². The van der Waals surface area contributed by atoms with Crippen LogP contribution in [0.4, 0.5) is 0 Å². The highest BCUT2D eigenvalue weighted by Crippen LogP contribution is 2.06. The number of esters is 1. The highest BCUT2D eigenvalue weighted by Gasteiger charge is 2.09. The van der Waals surface area contributed by atoms with E-state index in [1.165, 1.54) is 5.69 Å². The predicted octanol–water partition coefficient (Wildman–Crippen LogP) is 1.24. The molecule has 0 spiro atoms. The quantitative estimate of drug-likeness (QED) is 0.740. The number of aryl methyl sites for hydroxylation is 1. The molecule has 1 unspecified atom stereocenters. The smallest absolute Gasteiger partial charge is 0.305 e. The van der Waals surface area contributed by atoms with Gasteiger partial charge in [-0.2, -0.15) is 0 Å². The van der Waals surface area contributed by atoms with Gasteiger partial charge in [-0.3, -0.25) is 4.79 Å². The van der Waals surface area contributed by atoms with Gasteiger partial charge in [-0.25, -0.2) is 0 Å². The summed E-state index contributed by atoms with van der Waals surface area (Å²) < 4.78 is 6.90. The molecule has 90 valence electrons. The Morgan fingerprint density at radius 3 is 2.94 bits per heavy atom. The molecule has 4 nitrogen and oxygen atoms in total. The predicted molar refractivity (Wildman–Crippen MR) is 63.0 cm³/mol. The summed E-state index contributed by atoms with van der Waals surface area (Å²) in [4.78, 5) is 11.1. The van der Waals surface area contributed by atoms with Crippen LogP contribution in [0.25, 0.3) is 0 Å². The normalized spacial score (nSPS) is 12.4. The third-order valence-electron chi connectivity index (χ3n) is 2.55. The van der Waals surface area contributed by atoms with E-state index in [-0.39, 0.29) is 12.0 Å². The van der Waals surface area contributed by atoms with Crippen LogP contribution in [-0.4, -0.2) is 23.2 Å². The Balaban J connectivity index is 2.28. The summed E-state index contributed by atoms with van der Waals surface area (Å²) in [6.45, 7) is 2.24. The van der Waals surface area contributed by atoms with Gasteiger partial charge in [0, 0.05) is 37.8 Å². The summed E-state index contributed by atoms with van der Waals surface area (Å²) in [5.41, 5.74) is 7.15. The molecule has 1 heterocycles. The summed E-state index contributed by atoms with van der Waals surface area (Å²) in [6, 6.07) is 4.05. The van der Waals surface area contributed by atoms with Crippen LogP contribution >= 0.6 is 0 Å². The van der Waals surface area contributed by atoms with Crippen molar-refractivity contribution in [2.45, 2.75) is 32.2 Å². The summed E-state index contributed by atoms with van der Waals surface area (Å²) in [7, 11) is 1.99. The maximum Gasteiger partial charge on any atom is 0.305 e. The van der Waals surface area contributed by atoms with Crippen LogP contribution < -0.4 is 5.73 Å². The molecule has 4 heteroatoms. The molecule has 0 bridgehead atoms. The second-order valence-corrected chi connectivity index (χ2v) is 3.92. The molecule has 0 aliphatic rings. The van der Waals surface area contributed by atoms with Crippen molar-refractivity contribution in [2.75, 3.05) is 6.61 Å². The van der Waals surface area contributed by atoms with Gasteiger partial charge < -0.3 is 15.0 Å². The van der Waals surface area contributed by atoms with Crippen LogP contribution in [0.5, 0.6) is 0 Å². The average Bonchev–Trinajstić information content (AvgIpc) is 2.62. The third kappa shape index (κ3) is 4.06. The molecule has 0 aliphatic carbocycles. The molecule has 0 saturated heterocycles.